The standard InChI is InChI=1S/C8H18NO4P/c1-2-3-4-5-6-8(9)7-13-14(10,11)12/h4-5,8H,2-3,6-7,9H2,1H3,(H2,10,11,12)/b5-4+. The third-order valence-corrected chi connectivity index (χ3v) is 2.00. The molecule has 0 aromatic carbocycles. The van der Waals surface area contributed by atoms with Crippen molar-refractivity contribution < 1.29 is 18.9 Å². The number of unbranched alkanes of at least 4 members (excludes halogenated alkanes) is 1. The van der Waals surface area contributed by atoms with Crippen molar-refractivity contribution in [3.8, 4) is 0 Å². The maximum Gasteiger partial charge on any atom is 0.469 e. The van der Waals surface area contributed by atoms with E-state index in [0.29, 0.717) is 6.42 Å². The van der Waals surface area contributed by atoms with Crippen molar-refractivity contribution in [1.82, 2.24) is 0 Å². The first-order valence-electron chi connectivity index (χ1n) is 4.56. The van der Waals surface area contributed by atoms with Gasteiger partial charge in [-0.25, -0.2) is 4.57 Å². The zero-order valence-corrected chi connectivity index (χ0v) is 9.19. The van der Waals surface area contributed by atoms with Crippen molar-refractivity contribution in [3.63, 3.8) is 0 Å². The van der Waals surface area contributed by atoms with Gasteiger partial charge in [0.1, 0.15) is 0 Å². The predicted molar refractivity (Wildman–Crippen MR) is 54.6 cm³/mol. The van der Waals surface area contributed by atoms with Gasteiger partial charge in [-0.1, -0.05) is 25.5 Å². The van der Waals surface area contributed by atoms with Gasteiger partial charge in [0.05, 0.1) is 6.61 Å². The first-order chi connectivity index (χ1) is 6.45. The summed E-state index contributed by atoms with van der Waals surface area (Å²) in [5.74, 6) is 0. The zero-order valence-electron chi connectivity index (χ0n) is 8.30. The zero-order chi connectivity index (χ0) is 11.0. The van der Waals surface area contributed by atoms with E-state index in [1.807, 2.05) is 12.2 Å². The van der Waals surface area contributed by atoms with E-state index in [-0.39, 0.29) is 12.6 Å². The molecule has 0 spiro atoms. The molecule has 0 heterocycles. The van der Waals surface area contributed by atoms with E-state index in [1.54, 1.807) is 0 Å². The molecule has 4 N–H and O–H groups in total. The lowest BCUT2D eigenvalue weighted by Crippen LogP contribution is -2.24. The summed E-state index contributed by atoms with van der Waals surface area (Å²) in [4.78, 5) is 16.8. The minimum atomic E-state index is -4.37. The summed E-state index contributed by atoms with van der Waals surface area (Å²) in [7, 11) is -4.37. The molecule has 1 atom stereocenters. The Balaban J connectivity index is 3.56. The molecular formula is C8H18NO4P. The Labute approximate surface area is 84.2 Å². The van der Waals surface area contributed by atoms with Gasteiger partial charge in [-0.15, -0.1) is 0 Å². The molecule has 0 aliphatic rings. The van der Waals surface area contributed by atoms with Crippen LogP contribution in [0.25, 0.3) is 0 Å². The number of nitrogens with two attached hydrogens (primary N) is 1. The van der Waals surface area contributed by atoms with Gasteiger partial charge in [0.25, 0.3) is 0 Å². The van der Waals surface area contributed by atoms with Crippen LogP contribution in [0.1, 0.15) is 26.2 Å². The molecule has 0 amide bonds. The SMILES string of the molecule is CCC/C=C/CC(N)COP(=O)(O)O. The summed E-state index contributed by atoms with van der Waals surface area (Å²) in [6.07, 6.45) is 6.53. The Bertz CT molecular complexity index is 213. The van der Waals surface area contributed by atoms with E-state index in [0.717, 1.165) is 12.8 Å². The summed E-state index contributed by atoms with van der Waals surface area (Å²) in [5, 5.41) is 0. The number of rotatable bonds is 7. The molecule has 6 heteroatoms. The van der Waals surface area contributed by atoms with E-state index in [2.05, 4.69) is 11.4 Å². The van der Waals surface area contributed by atoms with Gasteiger partial charge >= 0.3 is 7.82 Å². The number of allylic oxidation sites excluding steroid dienone is 1. The highest BCUT2D eigenvalue weighted by molar-refractivity contribution is 7.46. The van der Waals surface area contributed by atoms with E-state index in [1.165, 1.54) is 0 Å². The Morgan fingerprint density at radius 1 is 1.50 bits per heavy atom. The highest BCUT2D eigenvalue weighted by Gasteiger charge is 2.15. The second-order valence-electron chi connectivity index (χ2n) is 3.04. The van der Waals surface area contributed by atoms with Gasteiger partial charge in [-0.05, 0) is 12.8 Å². The van der Waals surface area contributed by atoms with Gasteiger partial charge in [0, 0.05) is 6.04 Å². The Morgan fingerprint density at radius 3 is 2.64 bits per heavy atom. The molecular weight excluding hydrogens is 205 g/mol. The molecule has 5 nitrogen and oxygen atoms in total. The molecule has 0 rings (SSSR count). The maximum absolute atomic E-state index is 10.3. The van der Waals surface area contributed by atoms with E-state index in [9.17, 15) is 4.57 Å². The van der Waals surface area contributed by atoms with Crippen LogP contribution in [0.3, 0.4) is 0 Å². The van der Waals surface area contributed by atoms with Crippen LogP contribution in [0.15, 0.2) is 12.2 Å². The highest BCUT2D eigenvalue weighted by Crippen LogP contribution is 2.35. The van der Waals surface area contributed by atoms with Gasteiger partial charge < -0.3 is 15.5 Å². The lowest BCUT2D eigenvalue weighted by atomic mass is 10.2. The Hall–Kier alpha value is -0.190. The van der Waals surface area contributed by atoms with Crippen molar-refractivity contribution in [2.45, 2.75) is 32.2 Å². The molecule has 0 aromatic rings. The van der Waals surface area contributed by atoms with Crippen LogP contribution in [0.5, 0.6) is 0 Å². The van der Waals surface area contributed by atoms with Crippen molar-refractivity contribution in [3.05, 3.63) is 12.2 Å². The van der Waals surface area contributed by atoms with Gasteiger partial charge in [-0.2, -0.15) is 0 Å². The van der Waals surface area contributed by atoms with Crippen molar-refractivity contribution >= 4 is 7.82 Å². The van der Waals surface area contributed by atoms with Crippen LogP contribution in [-0.2, 0) is 9.09 Å². The summed E-state index contributed by atoms with van der Waals surface area (Å²) < 4.78 is 14.6. The van der Waals surface area contributed by atoms with Crippen LogP contribution in [0.2, 0.25) is 0 Å². The van der Waals surface area contributed by atoms with E-state index < -0.39 is 7.82 Å². The molecule has 14 heavy (non-hydrogen) atoms. The minimum absolute atomic E-state index is 0.124. The fourth-order valence-corrected chi connectivity index (χ4v) is 1.20. The van der Waals surface area contributed by atoms with E-state index >= 15 is 0 Å². The fraction of sp³-hybridized carbons (Fsp3) is 0.750. The lowest BCUT2D eigenvalue weighted by molar-refractivity contribution is 0.186. The van der Waals surface area contributed by atoms with Crippen LogP contribution < -0.4 is 5.73 Å². The van der Waals surface area contributed by atoms with Crippen LogP contribution >= 0.6 is 7.82 Å². The molecule has 84 valence electrons. The average Bonchev–Trinajstić information content (AvgIpc) is 2.08. The van der Waals surface area contributed by atoms with Crippen molar-refractivity contribution in [2.75, 3.05) is 6.61 Å². The number of hydrogen-bond acceptors (Lipinski definition) is 3. The second-order valence-corrected chi connectivity index (χ2v) is 4.28. The molecule has 0 saturated heterocycles. The van der Waals surface area contributed by atoms with Crippen LogP contribution in [0, 0.1) is 0 Å². The first kappa shape index (κ1) is 13.8. The minimum Gasteiger partial charge on any atom is -0.325 e. The lowest BCUT2D eigenvalue weighted by Gasteiger charge is -2.10. The Morgan fingerprint density at radius 2 is 2.14 bits per heavy atom. The molecule has 0 fully saturated rings. The van der Waals surface area contributed by atoms with Gasteiger partial charge in [0.2, 0.25) is 0 Å². The fourth-order valence-electron chi connectivity index (χ4n) is 0.816. The summed E-state index contributed by atoms with van der Waals surface area (Å²) >= 11 is 0. The van der Waals surface area contributed by atoms with Crippen molar-refractivity contribution in [1.29, 1.82) is 0 Å². The monoisotopic (exact) mass is 223 g/mol. The third kappa shape index (κ3) is 9.89. The molecule has 0 saturated carbocycles. The first-order valence-corrected chi connectivity index (χ1v) is 6.09. The summed E-state index contributed by atoms with van der Waals surface area (Å²) in [6.45, 7) is 1.95. The number of phosphoric ester groups is 1. The molecule has 0 aromatic heterocycles. The normalized spacial score (nSPS) is 14.9. The highest BCUT2D eigenvalue weighted by atomic mass is 31.2. The second kappa shape index (κ2) is 7.15. The van der Waals surface area contributed by atoms with Crippen LogP contribution in [-0.4, -0.2) is 22.4 Å². The summed E-state index contributed by atoms with van der Waals surface area (Å²) in [6, 6.07) is -0.365. The Kier molecular flexibility index (Phi) is 7.05. The smallest absolute Gasteiger partial charge is 0.325 e. The van der Waals surface area contributed by atoms with Gasteiger partial charge in [-0.3, -0.25) is 4.52 Å². The molecule has 0 aliphatic carbocycles. The largest absolute Gasteiger partial charge is 0.469 e. The number of hydrogen-bond donors (Lipinski definition) is 3. The average molecular weight is 223 g/mol. The van der Waals surface area contributed by atoms with Gasteiger partial charge in [0.15, 0.2) is 0 Å². The topological polar surface area (TPSA) is 92.8 Å². The predicted octanol–water partition coefficient (Wildman–Crippen LogP) is 1.17. The quantitative estimate of drug-likeness (QED) is 0.445. The molecule has 0 aliphatic heterocycles. The van der Waals surface area contributed by atoms with Crippen molar-refractivity contribution in [2.24, 2.45) is 5.73 Å². The summed E-state index contributed by atoms with van der Waals surface area (Å²) in [5.41, 5.74) is 5.54. The molecule has 0 radical (unpaired) electrons. The maximum atomic E-state index is 10.3. The van der Waals surface area contributed by atoms with E-state index in [4.69, 9.17) is 15.5 Å². The molecule has 1 unspecified atom stereocenters. The van der Waals surface area contributed by atoms with Crippen LogP contribution in [0.4, 0.5) is 0 Å². The third-order valence-electron chi connectivity index (χ3n) is 1.52. The number of phosphoric acid groups is 1. The molecule has 0 bridgehead atoms.